The molecule has 2 rings (SSSR count). The maximum Gasteiger partial charge on any atom is 0.238 e. The smallest absolute Gasteiger partial charge is 0.238 e. The quantitative estimate of drug-likeness (QED) is 0.839. The second-order valence-electron chi connectivity index (χ2n) is 5.82. The first kappa shape index (κ1) is 15.9. The average Bonchev–Trinajstić information content (AvgIpc) is 2.44. The van der Waals surface area contributed by atoms with E-state index in [-0.39, 0.29) is 5.91 Å². The SMILES string of the molecule is CC1CCCN(CC(=O)Nc2cccc(C(N)=S)c2)C1C. The molecular formula is C16H23N3OS. The molecule has 1 aliphatic heterocycles. The first-order chi connectivity index (χ1) is 9.97. The minimum atomic E-state index is 0.0102. The Hall–Kier alpha value is -1.46. The molecular weight excluding hydrogens is 282 g/mol. The zero-order chi connectivity index (χ0) is 15.4. The molecule has 2 unspecified atom stereocenters. The van der Waals surface area contributed by atoms with Crippen molar-refractivity contribution in [1.29, 1.82) is 0 Å². The van der Waals surface area contributed by atoms with Gasteiger partial charge in [-0.05, 0) is 44.4 Å². The normalized spacial score (nSPS) is 22.8. The molecule has 1 saturated heterocycles. The third-order valence-corrected chi connectivity index (χ3v) is 4.52. The van der Waals surface area contributed by atoms with Crippen molar-refractivity contribution in [3.8, 4) is 0 Å². The largest absolute Gasteiger partial charge is 0.389 e. The number of nitrogens with two attached hydrogens (primary N) is 1. The molecule has 2 atom stereocenters. The van der Waals surface area contributed by atoms with E-state index < -0.39 is 0 Å². The number of nitrogens with one attached hydrogen (secondary N) is 1. The summed E-state index contributed by atoms with van der Waals surface area (Å²) in [6.45, 7) is 5.87. The molecule has 1 aliphatic rings. The fourth-order valence-corrected chi connectivity index (χ4v) is 2.91. The van der Waals surface area contributed by atoms with Crippen molar-refractivity contribution in [1.82, 2.24) is 4.90 Å². The Morgan fingerprint density at radius 1 is 1.48 bits per heavy atom. The monoisotopic (exact) mass is 305 g/mol. The van der Waals surface area contributed by atoms with E-state index in [0.717, 1.165) is 24.2 Å². The topological polar surface area (TPSA) is 58.4 Å². The van der Waals surface area contributed by atoms with Gasteiger partial charge in [-0.2, -0.15) is 0 Å². The molecule has 1 heterocycles. The number of hydrogen-bond acceptors (Lipinski definition) is 3. The van der Waals surface area contributed by atoms with E-state index in [2.05, 4.69) is 24.1 Å². The molecule has 4 nitrogen and oxygen atoms in total. The predicted molar refractivity (Wildman–Crippen MR) is 90.4 cm³/mol. The van der Waals surface area contributed by atoms with Gasteiger partial charge in [-0.15, -0.1) is 0 Å². The second-order valence-corrected chi connectivity index (χ2v) is 6.26. The second kappa shape index (κ2) is 7.00. The summed E-state index contributed by atoms with van der Waals surface area (Å²) in [4.78, 5) is 14.8. The van der Waals surface area contributed by atoms with E-state index in [0.29, 0.717) is 23.5 Å². The van der Waals surface area contributed by atoms with Crippen molar-refractivity contribution in [2.75, 3.05) is 18.4 Å². The first-order valence-corrected chi connectivity index (χ1v) is 7.82. The molecule has 1 fully saturated rings. The maximum absolute atomic E-state index is 12.2. The Bertz CT molecular complexity index is 532. The van der Waals surface area contributed by atoms with Gasteiger partial charge in [0.05, 0.1) is 6.54 Å². The highest BCUT2D eigenvalue weighted by Gasteiger charge is 2.25. The van der Waals surface area contributed by atoms with Gasteiger partial charge < -0.3 is 11.1 Å². The van der Waals surface area contributed by atoms with Crippen LogP contribution in [-0.4, -0.2) is 34.9 Å². The molecule has 0 bridgehead atoms. The summed E-state index contributed by atoms with van der Waals surface area (Å²) >= 11 is 4.95. The third kappa shape index (κ3) is 4.25. The van der Waals surface area contributed by atoms with Crippen LogP contribution in [0.2, 0.25) is 0 Å². The lowest BCUT2D eigenvalue weighted by Gasteiger charge is -2.37. The van der Waals surface area contributed by atoms with Crippen LogP contribution in [0.5, 0.6) is 0 Å². The first-order valence-electron chi connectivity index (χ1n) is 7.41. The maximum atomic E-state index is 12.2. The Morgan fingerprint density at radius 2 is 2.24 bits per heavy atom. The molecule has 0 aromatic heterocycles. The van der Waals surface area contributed by atoms with Crippen LogP contribution in [0.4, 0.5) is 5.69 Å². The van der Waals surface area contributed by atoms with E-state index >= 15 is 0 Å². The van der Waals surface area contributed by atoms with Crippen LogP contribution in [0.1, 0.15) is 32.3 Å². The molecule has 0 radical (unpaired) electrons. The Morgan fingerprint density at radius 3 is 2.95 bits per heavy atom. The highest BCUT2D eigenvalue weighted by molar-refractivity contribution is 7.80. The fourth-order valence-electron chi connectivity index (χ4n) is 2.78. The number of hydrogen-bond donors (Lipinski definition) is 2. The molecule has 1 amide bonds. The lowest BCUT2D eigenvalue weighted by molar-refractivity contribution is -0.118. The predicted octanol–water partition coefficient (Wildman–Crippen LogP) is 2.38. The lowest BCUT2D eigenvalue weighted by atomic mass is 9.92. The number of thiocarbonyl (C=S) groups is 1. The van der Waals surface area contributed by atoms with Crippen LogP contribution in [0.15, 0.2) is 24.3 Å². The average molecular weight is 305 g/mol. The van der Waals surface area contributed by atoms with Crippen molar-refractivity contribution in [3.63, 3.8) is 0 Å². The van der Waals surface area contributed by atoms with E-state index in [1.54, 1.807) is 0 Å². The number of amides is 1. The van der Waals surface area contributed by atoms with Crippen LogP contribution in [-0.2, 0) is 4.79 Å². The summed E-state index contributed by atoms with van der Waals surface area (Å²) in [5, 5.41) is 2.92. The zero-order valence-corrected chi connectivity index (χ0v) is 13.5. The van der Waals surface area contributed by atoms with Gasteiger partial charge in [-0.1, -0.05) is 31.3 Å². The van der Waals surface area contributed by atoms with Crippen molar-refractivity contribution in [3.05, 3.63) is 29.8 Å². The van der Waals surface area contributed by atoms with Crippen LogP contribution >= 0.6 is 12.2 Å². The Labute approximate surface area is 131 Å². The van der Waals surface area contributed by atoms with E-state index in [9.17, 15) is 4.79 Å². The van der Waals surface area contributed by atoms with Gasteiger partial charge in [-0.25, -0.2) is 0 Å². The van der Waals surface area contributed by atoms with E-state index in [1.165, 1.54) is 6.42 Å². The van der Waals surface area contributed by atoms with Crippen molar-refractivity contribution < 1.29 is 4.79 Å². The van der Waals surface area contributed by atoms with Gasteiger partial charge in [0.1, 0.15) is 4.99 Å². The van der Waals surface area contributed by atoms with E-state index in [4.69, 9.17) is 18.0 Å². The summed E-state index contributed by atoms with van der Waals surface area (Å²) in [5.41, 5.74) is 7.11. The number of benzene rings is 1. The van der Waals surface area contributed by atoms with Crippen molar-refractivity contribution in [2.24, 2.45) is 11.7 Å². The highest BCUT2D eigenvalue weighted by Crippen LogP contribution is 2.22. The molecule has 0 saturated carbocycles. The Kier molecular flexibility index (Phi) is 5.31. The van der Waals surface area contributed by atoms with Gasteiger partial charge in [0.15, 0.2) is 0 Å². The molecule has 21 heavy (non-hydrogen) atoms. The Balaban J connectivity index is 1.95. The van der Waals surface area contributed by atoms with Gasteiger partial charge in [0.2, 0.25) is 5.91 Å². The summed E-state index contributed by atoms with van der Waals surface area (Å²) in [5.74, 6) is 0.653. The fraction of sp³-hybridized carbons (Fsp3) is 0.500. The number of rotatable bonds is 4. The minimum absolute atomic E-state index is 0.0102. The number of carbonyl (C=O) groups is 1. The minimum Gasteiger partial charge on any atom is -0.389 e. The molecule has 0 spiro atoms. The van der Waals surface area contributed by atoms with Crippen LogP contribution in [0.3, 0.4) is 0 Å². The van der Waals surface area contributed by atoms with Gasteiger partial charge >= 0.3 is 0 Å². The molecule has 5 heteroatoms. The van der Waals surface area contributed by atoms with E-state index in [1.807, 2.05) is 24.3 Å². The number of piperidine rings is 1. The summed E-state index contributed by atoms with van der Waals surface area (Å²) in [7, 11) is 0. The highest BCUT2D eigenvalue weighted by atomic mass is 32.1. The molecule has 1 aromatic carbocycles. The van der Waals surface area contributed by atoms with Gasteiger partial charge in [-0.3, -0.25) is 9.69 Å². The van der Waals surface area contributed by atoms with Gasteiger partial charge in [0.25, 0.3) is 0 Å². The summed E-state index contributed by atoms with van der Waals surface area (Å²) in [6.07, 6.45) is 2.41. The van der Waals surface area contributed by atoms with Crippen molar-refractivity contribution in [2.45, 2.75) is 32.7 Å². The molecule has 0 aliphatic carbocycles. The summed E-state index contributed by atoms with van der Waals surface area (Å²) in [6, 6.07) is 7.79. The van der Waals surface area contributed by atoms with Crippen LogP contribution in [0.25, 0.3) is 0 Å². The molecule has 3 N–H and O–H groups in total. The van der Waals surface area contributed by atoms with Crippen molar-refractivity contribution >= 4 is 28.8 Å². The molecule has 114 valence electrons. The number of nitrogens with zero attached hydrogens (tertiary/aromatic N) is 1. The third-order valence-electron chi connectivity index (χ3n) is 4.28. The number of likely N-dealkylation sites (tertiary alicyclic amines) is 1. The van der Waals surface area contributed by atoms with Gasteiger partial charge in [0, 0.05) is 17.3 Å². The summed E-state index contributed by atoms with van der Waals surface area (Å²) < 4.78 is 0. The number of carbonyl (C=O) groups excluding carboxylic acids is 1. The molecule has 1 aromatic rings. The lowest BCUT2D eigenvalue weighted by Crippen LogP contribution is -2.46. The standard InChI is InChI=1S/C16H23N3OS/c1-11-5-4-8-19(12(11)2)10-15(20)18-14-7-3-6-13(9-14)16(17)21/h3,6-7,9,11-12H,4-5,8,10H2,1-2H3,(H2,17,21)(H,18,20). The van der Waals surface area contributed by atoms with Crippen LogP contribution in [0, 0.1) is 5.92 Å². The number of anilines is 1. The van der Waals surface area contributed by atoms with Crippen LogP contribution < -0.4 is 11.1 Å². The zero-order valence-electron chi connectivity index (χ0n) is 12.6.